The van der Waals surface area contributed by atoms with Gasteiger partial charge in [-0.25, -0.2) is 0 Å². The molecule has 1 rings (SSSR count). The number of benzene rings is 1. The average molecular weight is 221 g/mol. The van der Waals surface area contributed by atoms with Crippen LogP contribution in [-0.2, 0) is 6.42 Å². The lowest BCUT2D eigenvalue weighted by atomic mass is 10.1. The molecule has 0 saturated heterocycles. The fourth-order valence-corrected chi connectivity index (χ4v) is 1.70. The van der Waals surface area contributed by atoms with E-state index in [0.29, 0.717) is 6.61 Å². The zero-order valence-corrected chi connectivity index (χ0v) is 10.4. The summed E-state index contributed by atoms with van der Waals surface area (Å²) in [5.41, 5.74) is 7.25. The summed E-state index contributed by atoms with van der Waals surface area (Å²) in [7, 11) is 0. The van der Waals surface area contributed by atoms with Crippen LogP contribution in [0.5, 0.6) is 5.75 Å². The van der Waals surface area contributed by atoms with Crippen molar-refractivity contribution in [2.75, 3.05) is 6.61 Å². The molecule has 0 aliphatic carbocycles. The lowest BCUT2D eigenvalue weighted by molar-refractivity contribution is 0.281. The minimum Gasteiger partial charge on any atom is -0.492 e. The number of aryl methyl sites for hydroxylation is 1. The molecule has 90 valence electrons. The molecule has 0 aliphatic heterocycles. The number of hydrogen-bond donors (Lipinski definition) is 1. The summed E-state index contributed by atoms with van der Waals surface area (Å²) in [5, 5.41) is 0. The minimum atomic E-state index is 0.153. The van der Waals surface area contributed by atoms with Crippen LogP contribution in [0.15, 0.2) is 24.3 Å². The smallest absolute Gasteiger partial charge is 0.119 e. The van der Waals surface area contributed by atoms with E-state index in [-0.39, 0.29) is 6.04 Å². The van der Waals surface area contributed by atoms with Crippen LogP contribution in [0, 0.1) is 0 Å². The SMILES string of the molecule is CCCc1ccc(OCC(N)CCC)cc1. The largest absolute Gasteiger partial charge is 0.492 e. The molecule has 1 atom stereocenters. The topological polar surface area (TPSA) is 35.2 Å². The molecule has 0 heterocycles. The van der Waals surface area contributed by atoms with Crippen LogP contribution in [0.3, 0.4) is 0 Å². The maximum atomic E-state index is 5.88. The number of rotatable bonds is 7. The van der Waals surface area contributed by atoms with Crippen molar-refractivity contribution in [1.29, 1.82) is 0 Å². The number of ether oxygens (including phenoxy) is 1. The summed E-state index contributed by atoms with van der Waals surface area (Å²) < 4.78 is 5.63. The van der Waals surface area contributed by atoms with Gasteiger partial charge in [-0.2, -0.15) is 0 Å². The fraction of sp³-hybridized carbons (Fsp3) is 0.571. The third-order valence-electron chi connectivity index (χ3n) is 2.59. The van der Waals surface area contributed by atoms with Crippen LogP contribution in [0.2, 0.25) is 0 Å². The molecule has 2 nitrogen and oxygen atoms in total. The van der Waals surface area contributed by atoms with Crippen molar-refractivity contribution in [2.24, 2.45) is 5.73 Å². The van der Waals surface area contributed by atoms with Gasteiger partial charge < -0.3 is 10.5 Å². The van der Waals surface area contributed by atoms with E-state index in [2.05, 4.69) is 26.0 Å². The zero-order valence-electron chi connectivity index (χ0n) is 10.4. The Morgan fingerprint density at radius 3 is 2.38 bits per heavy atom. The van der Waals surface area contributed by atoms with E-state index in [4.69, 9.17) is 10.5 Å². The van der Waals surface area contributed by atoms with Crippen LogP contribution >= 0.6 is 0 Å². The number of nitrogens with two attached hydrogens (primary N) is 1. The Bertz CT molecular complexity index is 281. The van der Waals surface area contributed by atoms with Crippen molar-refractivity contribution in [3.05, 3.63) is 29.8 Å². The molecule has 0 aromatic heterocycles. The first-order valence-electron chi connectivity index (χ1n) is 6.23. The van der Waals surface area contributed by atoms with E-state index in [1.807, 2.05) is 12.1 Å². The molecule has 0 spiro atoms. The lowest BCUT2D eigenvalue weighted by Crippen LogP contribution is -2.27. The Hall–Kier alpha value is -1.02. The van der Waals surface area contributed by atoms with E-state index in [0.717, 1.165) is 25.0 Å². The van der Waals surface area contributed by atoms with Crippen molar-refractivity contribution in [2.45, 2.75) is 45.6 Å². The Balaban J connectivity index is 2.37. The van der Waals surface area contributed by atoms with Gasteiger partial charge in [0.15, 0.2) is 0 Å². The monoisotopic (exact) mass is 221 g/mol. The summed E-state index contributed by atoms with van der Waals surface area (Å²) >= 11 is 0. The molecule has 1 aromatic carbocycles. The normalized spacial score (nSPS) is 12.4. The van der Waals surface area contributed by atoms with Gasteiger partial charge in [-0.15, -0.1) is 0 Å². The molecule has 1 unspecified atom stereocenters. The maximum Gasteiger partial charge on any atom is 0.119 e. The lowest BCUT2D eigenvalue weighted by Gasteiger charge is -2.12. The predicted octanol–water partition coefficient (Wildman–Crippen LogP) is 3.15. The molecule has 0 radical (unpaired) electrons. The van der Waals surface area contributed by atoms with E-state index in [1.54, 1.807) is 0 Å². The van der Waals surface area contributed by atoms with Gasteiger partial charge in [0.1, 0.15) is 12.4 Å². The van der Waals surface area contributed by atoms with Gasteiger partial charge in [0.25, 0.3) is 0 Å². The van der Waals surface area contributed by atoms with E-state index in [1.165, 1.54) is 12.0 Å². The summed E-state index contributed by atoms with van der Waals surface area (Å²) in [5.74, 6) is 0.923. The predicted molar refractivity (Wildman–Crippen MR) is 68.8 cm³/mol. The number of hydrogen-bond acceptors (Lipinski definition) is 2. The second kappa shape index (κ2) is 7.29. The highest BCUT2D eigenvalue weighted by molar-refractivity contribution is 5.27. The maximum absolute atomic E-state index is 5.88. The third kappa shape index (κ3) is 4.67. The molecule has 0 fully saturated rings. The standard InChI is InChI=1S/C14H23NO/c1-3-5-12-7-9-14(10-8-12)16-11-13(15)6-4-2/h7-10,13H,3-6,11,15H2,1-2H3. The highest BCUT2D eigenvalue weighted by Gasteiger charge is 2.02. The van der Waals surface area contributed by atoms with Crippen molar-refractivity contribution < 1.29 is 4.74 Å². The van der Waals surface area contributed by atoms with E-state index >= 15 is 0 Å². The molecule has 0 saturated carbocycles. The molecule has 0 aliphatic rings. The van der Waals surface area contributed by atoms with Gasteiger partial charge in [-0.1, -0.05) is 38.8 Å². The van der Waals surface area contributed by atoms with E-state index in [9.17, 15) is 0 Å². The van der Waals surface area contributed by atoms with Crippen molar-refractivity contribution in [3.8, 4) is 5.75 Å². The molecular weight excluding hydrogens is 198 g/mol. The van der Waals surface area contributed by atoms with Crippen LogP contribution in [-0.4, -0.2) is 12.6 Å². The van der Waals surface area contributed by atoms with Gasteiger partial charge in [0.05, 0.1) is 0 Å². The van der Waals surface area contributed by atoms with Crippen LogP contribution < -0.4 is 10.5 Å². The molecule has 2 N–H and O–H groups in total. The van der Waals surface area contributed by atoms with Crippen molar-refractivity contribution >= 4 is 0 Å². The second-order valence-corrected chi connectivity index (χ2v) is 4.25. The van der Waals surface area contributed by atoms with Gasteiger partial charge >= 0.3 is 0 Å². The Morgan fingerprint density at radius 1 is 1.12 bits per heavy atom. The van der Waals surface area contributed by atoms with E-state index < -0.39 is 0 Å². The van der Waals surface area contributed by atoms with Crippen LogP contribution in [0.25, 0.3) is 0 Å². The fourth-order valence-electron chi connectivity index (χ4n) is 1.70. The molecule has 2 heteroatoms. The van der Waals surface area contributed by atoms with Gasteiger partial charge in [-0.05, 0) is 30.5 Å². The molecule has 16 heavy (non-hydrogen) atoms. The third-order valence-corrected chi connectivity index (χ3v) is 2.59. The Labute approximate surface area is 98.8 Å². The first-order valence-corrected chi connectivity index (χ1v) is 6.23. The van der Waals surface area contributed by atoms with Gasteiger partial charge in [-0.3, -0.25) is 0 Å². The highest BCUT2D eigenvalue weighted by atomic mass is 16.5. The van der Waals surface area contributed by atoms with Gasteiger partial charge in [0, 0.05) is 6.04 Å². The quantitative estimate of drug-likeness (QED) is 0.767. The summed E-state index contributed by atoms with van der Waals surface area (Å²) in [6, 6.07) is 8.47. The summed E-state index contributed by atoms with van der Waals surface area (Å²) in [4.78, 5) is 0. The molecule has 0 amide bonds. The zero-order chi connectivity index (χ0) is 11.8. The molecular formula is C14H23NO. The van der Waals surface area contributed by atoms with Gasteiger partial charge in [0.2, 0.25) is 0 Å². The second-order valence-electron chi connectivity index (χ2n) is 4.25. The van der Waals surface area contributed by atoms with Crippen molar-refractivity contribution in [1.82, 2.24) is 0 Å². The van der Waals surface area contributed by atoms with Crippen molar-refractivity contribution in [3.63, 3.8) is 0 Å². The molecule has 0 bridgehead atoms. The summed E-state index contributed by atoms with van der Waals surface area (Å²) in [6.07, 6.45) is 4.45. The highest BCUT2D eigenvalue weighted by Crippen LogP contribution is 2.13. The average Bonchev–Trinajstić information content (AvgIpc) is 2.29. The van der Waals surface area contributed by atoms with Crippen LogP contribution in [0.1, 0.15) is 38.7 Å². The first kappa shape index (κ1) is 13.0. The minimum absolute atomic E-state index is 0.153. The first-order chi connectivity index (χ1) is 7.76. The Morgan fingerprint density at radius 2 is 1.81 bits per heavy atom. The Kier molecular flexibility index (Phi) is 5.94. The molecule has 1 aromatic rings. The van der Waals surface area contributed by atoms with Crippen LogP contribution in [0.4, 0.5) is 0 Å². The summed E-state index contributed by atoms with van der Waals surface area (Å²) in [6.45, 7) is 4.94.